The fourth-order valence-corrected chi connectivity index (χ4v) is 2.59. The third-order valence-electron chi connectivity index (χ3n) is 3.89. The van der Waals surface area contributed by atoms with E-state index in [1.807, 2.05) is 6.07 Å². The van der Waals surface area contributed by atoms with E-state index in [-0.39, 0.29) is 11.3 Å². The summed E-state index contributed by atoms with van der Waals surface area (Å²) in [5.41, 5.74) is 1.56. The van der Waals surface area contributed by atoms with Gasteiger partial charge >= 0.3 is 6.03 Å². The van der Waals surface area contributed by atoms with Gasteiger partial charge in [-0.25, -0.2) is 4.79 Å². The number of hydrogen-bond donors (Lipinski definition) is 2. The molecule has 2 N–H and O–H groups in total. The smallest absolute Gasteiger partial charge is 0.316 e. The van der Waals surface area contributed by atoms with Crippen LogP contribution in [-0.2, 0) is 7.05 Å². The number of hydrogen-bond acceptors (Lipinski definition) is 3. The zero-order chi connectivity index (χ0) is 18.0. The van der Waals surface area contributed by atoms with Gasteiger partial charge in [0, 0.05) is 35.3 Å². The summed E-state index contributed by atoms with van der Waals surface area (Å²) in [6, 6.07) is 13.3. The number of anilines is 2. The number of urea groups is 1. The molecule has 1 aromatic heterocycles. The van der Waals surface area contributed by atoms with Gasteiger partial charge in [-0.15, -0.1) is 0 Å². The number of fused-ring (bicyclic) bond motifs is 1. The topological polar surface area (TPSA) is 80.2 Å². The van der Waals surface area contributed by atoms with Crippen LogP contribution >= 0.6 is 0 Å². The van der Waals surface area contributed by atoms with Crippen molar-refractivity contribution in [3.05, 3.63) is 70.6 Å². The Bertz CT molecular complexity index is 1020. The molecule has 0 bridgehead atoms. The van der Waals surface area contributed by atoms with E-state index >= 15 is 0 Å². The van der Waals surface area contributed by atoms with Crippen LogP contribution in [0.3, 0.4) is 0 Å². The number of nitrogens with one attached hydrogen (secondary N) is 2. The second kappa shape index (κ2) is 6.60. The van der Waals surface area contributed by atoms with E-state index in [1.165, 1.54) is 11.5 Å². The molecule has 0 spiro atoms. The number of ketones is 1. The summed E-state index contributed by atoms with van der Waals surface area (Å²) < 4.78 is 1.43. The van der Waals surface area contributed by atoms with Gasteiger partial charge in [0.25, 0.3) is 5.56 Å². The van der Waals surface area contributed by atoms with Crippen molar-refractivity contribution in [3.8, 4) is 0 Å². The number of benzene rings is 2. The highest BCUT2D eigenvalue weighted by atomic mass is 16.2. The van der Waals surface area contributed by atoms with Crippen LogP contribution in [0.5, 0.6) is 0 Å². The van der Waals surface area contributed by atoms with Gasteiger partial charge in [0.05, 0.1) is 5.69 Å². The molecule has 0 aliphatic carbocycles. The summed E-state index contributed by atoms with van der Waals surface area (Å²) in [6.07, 6.45) is 1.59. The van der Waals surface area contributed by atoms with E-state index < -0.39 is 6.03 Å². The first kappa shape index (κ1) is 16.4. The monoisotopic (exact) mass is 335 g/mol. The minimum Gasteiger partial charge on any atom is -0.316 e. The maximum atomic E-state index is 12.3. The molecule has 6 nitrogen and oxygen atoms in total. The van der Waals surface area contributed by atoms with Gasteiger partial charge in [-0.2, -0.15) is 0 Å². The van der Waals surface area contributed by atoms with Crippen LogP contribution in [0.4, 0.5) is 16.2 Å². The minimum atomic E-state index is -0.431. The van der Waals surface area contributed by atoms with Crippen LogP contribution < -0.4 is 16.2 Å². The van der Waals surface area contributed by atoms with Gasteiger partial charge in [0.1, 0.15) is 0 Å². The molecular weight excluding hydrogens is 318 g/mol. The zero-order valence-corrected chi connectivity index (χ0v) is 13.9. The number of pyridine rings is 1. The number of Topliss-reactive ketones (excluding diaryl/α,β-unsaturated/α-hetero) is 1. The fraction of sp³-hybridized carbons (Fsp3) is 0.105. The van der Waals surface area contributed by atoms with E-state index in [2.05, 4.69) is 10.6 Å². The van der Waals surface area contributed by atoms with Gasteiger partial charge in [-0.1, -0.05) is 18.2 Å². The molecule has 126 valence electrons. The number of nitrogens with zero attached hydrogens (tertiary/aromatic N) is 1. The van der Waals surface area contributed by atoms with Crippen LogP contribution in [-0.4, -0.2) is 16.4 Å². The molecule has 6 heteroatoms. The molecule has 0 radical (unpaired) electrons. The summed E-state index contributed by atoms with van der Waals surface area (Å²) in [5, 5.41) is 6.68. The van der Waals surface area contributed by atoms with E-state index in [4.69, 9.17) is 0 Å². The molecule has 0 fully saturated rings. The molecule has 0 aliphatic rings. The average Bonchev–Trinajstić information content (AvgIpc) is 2.60. The number of amides is 2. The van der Waals surface area contributed by atoms with Crippen LogP contribution in [0.15, 0.2) is 59.5 Å². The first-order valence-corrected chi connectivity index (χ1v) is 7.73. The molecule has 0 atom stereocenters. The summed E-state index contributed by atoms with van der Waals surface area (Å²) in [4.78, 5) is 35.7. The first-order chi connectivity index (χ1) is 12.0. The Morgan fingerprint density at radius 2 is 1.56 bits per heavy atom. The second-order valence-corrected chi connectivity index (χ2v) is 5.72. The zero-order valence-electron chi connectivity index (χ0n) is 13.9. The van der Waals surface area contributed by atoms with Crippen LogP contribution in [0, 0.1) is 0 Å². The Balaban J connectivity index is 1.84. The maximum absolute atomic E-state index is 12.3. The number of carbonyl (C=O) groups is 2. The Kier molecular flexibility index (Phi) is 4.35. The average molecular weight is 335 g/mol. The van der Waals surface area contributed by atoms with E-state index in [0.29, 0.717) is 27.7 Å². The lowest BCUT2D eigenvalue weighted by Gasteiger charge is -2.12. The molecule has 2 aromatic carbocycles. The van der Waals surface area contributed by atoms with Gasteiger partial charge < -0.3 is 15.2 Å². The first-order valence-electron chi connectivity index (χ1n) is 7.73. The van der Waals surface area contributed by atoms with Crippen molar-refractivity contribution in [3.63, 3.8) is 0 Å². The van der Waals surface area contributed by atoms with Gasteiger partial charge in [-0.3, -0.25) is 9.59 Å². The highest BCUT2D eigenvalue weighted by molar-refractivity contribution is 6.06. The lowest BCUT2D eigenvalue weighted by Crippen LogP contribution is -2.23. The molecule has 3 rings (SSSR count). The van der Waals surface area contributed by atoms with Crippen LogP contribution in [0.1, 0.15) is 17.3 Å². The molecule has 0 aliphatic heterocycles. The molecular formula is C19H17N3O3. The third-order valence-corrected chi connectivity index (χ3v) is 3.89. The van der Waals surface area contributed by atoms with Gasteiger partial charge in [0.2, 0.25) is 0 Å². The van der Waals surface area contributed by atoms with Gasteiger partial charge in [-0.05, 0) is 37.3 Å². The summed E-state index contributed by atoms with van der Waals surface area (Å²) in [6.45, 7) is 1.49. The number of rotatable bonds is 3. The van der Waals surface area contributed by atoms with Crippen LogP contribution in [0.2, 0.25) is 0 Å². The fourth-order valence-electron chi connectivity index (χ4n) is 2.59. The Hall–Kier alpha value is -3.41. The number of aromatic nitrogens is 1. The molecule has 2 amide bonds. The van der Waals surface area contributed by atoms with Crippen molar-refractivity contribution >= 4 is 34.0 Å². The normalized spacial score (nSPS) is 10.5. The Morgan fingerprint density at radius 1 is 0.920 bits per heavy atom. The van der Waals surface area contributed by atoms with E-state index in [9.17, 15) is 14.4 Å². The van der Waals surface area contributed by atoms with E-state index in [1.54, 1.807) is 55.7 Å². The van der Waals surface area contributed by atoms with Crippen molar-refractivity contribution < 1.29 is 9.59 Å². The quantitative estimate of drug-likeness (QED) is 0.720. The van der Waals surface area contributed by atoms with Crippen molar-refractivity contribution in [2.75, 3.05) is 10.6 Å². The third kappa shape index (κ3) is 3.42. The van der Waals surface area contributed by atoms with Crippen LogP contribution in [0.25, 0.3) is 10.8 Å². The maximum Gasteiger partial charge on any atom is 0.323 e. The predicted octanol–water partition coefficient (Wildman–Crippen LogP) is 3.39. The number of aryl methyl sites for hydroxylation is 1. The molecule has 25 heavy (non-hydrogen) atoms. The second-order valence-electron chi connectivity index (χ2n) is 5.72. The highest BCUT2D eigenvalue weighted by Gasteiger charge is 2.10. The van der Waals surface area contributed by atoms with Crippen molar-refractivity contribution in [1.82, 2.24) is 4.57 Å². The SMILES string of the molecule is CC(=O)c1ccc(NC(=O)Nc2cn(C)c(=O)c3ccccc23)cc1. The Labute approximate surface area is 144 Å². The predicted molar refractivity (Wildman–Crippen MR) is 98.3 cm³/mol. The molecule has 3 aromatic rings. The van der Waals surface area contributed by atoms with Crippen molar-refractivity contribution in [1.29, 1.82) is 0 Å². The summed E-state index contributed by atoms with van der Waals surface area (Å²) >= 11 is 0. The molecule has 0 saturated heterocycles. The van der Waals surface area contributed by atoms with Crippen molar-refractivity contribution in [2.24, 2.45) is 7.05 Å². The molecule has 1 heterocycles. The lowest BCUT2D eigenvalue weighted by atomic mass is 10.1. The largest absolute Gasteiger partial charge is 0.323 e. The van der Waals surface area contributed by atoms with E-state index in [0.717, 1.165) is 0 Å². The summed E-state index contributed by atoms with van der Waals surface area (Å²) in [7, 11) is 1.64. The van der Waals surface area contributed by atoms with Crippen molar-refractivity contribution in [2.45, 2.75) is 6.92 Å². The van der Waals surface area contributed by atoms with Gasteiger partial charge in [0.15, 0.2) is 5.78 Å². The highest BCUT2D eigenvalue weighted by Crippen LogP contribution is 2.20. The standard InChI is InChI=1S/C19H17N3O3/c1-12(23)13-7-9-14(10-8-13)20-19(25)21-17-11-22(2)18(24)16-6-4-3-5-15(16)17/h3-11H,1-2H3,(H2,20,21,25). The number of carbonyl (C=O) groups excluding carboxylic acids is 2. The minimum absolute atomic E-state index is 0.0346. The Morgan fingerprint density at radius 3 is 2.20 bits per heavy atom. The lowest BCUT2D eigenvalue weighted by molar-refractivity contribution is 0.101. The molecule has 0 saturated carbocycles. The molecule has 0 unspecified atom stereocenters. The summed E-state index contributed by atoms with van der Waals surface area (Å²) in [5.74, 6) is -0.0346.